The van der Waals surface area contributed by atoms with E-state index in [0.717, 1.165) is 0 Å². The number of nitrogens with zero attached hydrogens (tertiary/aromatic N) is 2. The summed E-state index contributed by atoms with van der Waals surface area (Å²) in [7, 11) is 0. The molecule has 0 amide bonds. The van der Waals surface area contributed by atoms with Gasteiger partial charge < -0.3 is 5.73 Å². The summed E-state index contributed by atoms with van der Waals surface area (Å²) in [6.45, 7) is 0. The number of halogens is 5. The average molecular weight is 250 g/mol. The van der Waals surface area contributed by atoms with E-state index in [9.17, 15) is 22.0 Å². The van der Waals surface area contributed by atoms with E-state index >= 15 is 0 Å². The number of aromatic nitrogens is 3. The van der Waals surface area contributed by atoms with Gasteiger partial charge in [-0.15, -0.1) is 5.10 Å². The molecule has 0 atom stereocenters. The van der Waals surface area contributed by atoms with Crippen molar-refractivity contribution < 1.29 is 22.0 Å². The van der Waals surface area contributed by atoms with Gasteiger partial charge in [0.05, 0.1) is 5.56 Å². The molecule has 0 saturated heterocycles. The Hall–Kier alpha value is -2.19. The van der Waals surface area contributed by atoms with E-state index in [1.54, 1.807) is 0 Å². The highest BCUT2D eigenvalue weighted by molar-refractivity contribution is 5.58. The molecule has 0 spiro atoms. The van der Waals surface area contributed by atoms with Gasteiger partial charge in [0.1, 0.15) is 0 Å². The van der Waals surface area contributed by atoms with Crippen LogP contribution in [0.5, 0.6) is 0 Å². The van der Waals surface area contributed by atoms with Crippen molar-refractivity contribution in [1.29, 1.82) is 0 Å². The van der Waals surface area contributed by atoms with Crippen LogP contribution in [0.4, 0.5) is 27.9 Å². The lowest BCUT2D eigenvalue weighted by Gasteiger charge is -2.04. The fourth-order valence-corrected chi connectivity index (χ4v) is 1.20. The highest BCUT2D eigenvalue weighted by Crippen LogP contribution is 2.29. The first-order valence-electron chi connectivity index (χ1n) is 4.13. The van der Waals surface area contributed by atoms with Crippen LogP contribution in [0.2, 0.25) is 0 Å². The van der Waals surface area contributed by atoms with E-state index in [4.69, 9.17) is 5.73 Å². The molecule has 3 N–H and O–H groups in total. The quantitative estimate of drug-likeness (QED) is 0.460. The van der Waals surface area contributed by atoms with E-state index < -0.39 is 40.5 Å². The maximum Gasteiger partial charge on any atom is 0.239 e. The second kappa shape index (κ2) is 3.68. The van der Waals surface area contributed by atoms with Crippen molar-refractivity contribution in [2.75, 3.05) is 5.73 Å². The van der Waals surface area contributed by atoms with Gasteiger partial charge in [0.15, 0.2) is 29.1 Å². The summed E-state index contributed by atoms with van der Waals surface area (Å²) in [5.41, 5.74) is 3.86. The lowest BCUT2D eigenvalue weighted by atomic mass is 10.1. The van der Waals surface area contributed by atoms with E-state index in [-0.39, 0.29) is 5.95 Å². The largest absolute Gasteiger partial charge is 0.366 e. The van der Waals surface area contributed by atoms with E-state index in [0.29, 0.717) is 0 Å². The van der Waals surface area contributed by atoms with Crippen LogP contribution >= 0.6 is 0 Å². The molecule has 0 aliphatic heterocycles. The third-order valence-electron chi connectivity index (χ3n) is 1.95. The Morgan fingerprint density at radius 3 is 1.71 bits per heavy atom. The molecule has 90 valence electrons. The molecule has 2 aromatic rings. The molecule has 1 aromatic heterocycles. The summed E-state index contributed by atoms with van der Waals surface area (Å²) in [6.07, 6.45) is 0. The van der Waals surface area contributed by atoms with Crippen molar-refractivity contribution >= 4 is 5.95 Å². The number of H-pyrrole nitrogens is 1. The second-order valence-electron chi connectivity index (χ2n) is 2.99. The Morgan fingerprint density at radius 1 is 0.824 bits per heavy atom. The third kappa shape index (κ3) is 1.59. The maximum absolute atomic E-state index is 13.2. The van der Waals surface area contributed by atoms with Crippen molar-refractivity contribution in [3.63, 3.8) is 0 Å². The molecule has 0 unspecified atom stereocenters. The topological polar surface area (TPSA) is 67.6 Å². The summed E-state index contributed by atoms with van der Waals surface area (Å²) in [5.74, 6) is -11.4. The number of rotatable bonds is 1. The predicted molar refractivity (Wildman–Crippen MR) is 46.0 cm³/mol. The second-order valence-corrected chi connectivity index (χ2v) is 2.99. The van der Waals surface area contributed by atoms with Crippen molar-refractivity contribution in [3.8, 4) is 11.4 Å². The number of nitrogen functional groups attached to an aromatic ring is 1. The zero-order chi connectivity index (χ0) is 12.7. The molecule has 4 nitrogen and oxygen atoms in total. The normalized spacial score (nSPS) is 10.9. The number of nitrogens with one attached hydrogen (secondary N) is 1. The van der Waals surface area contributed by atoms with Crippen LogP contribution in [0.15, 0.2) is 0 Å². The van der Waals surface area contributed by atoms with Crippen LogP contribution in [0.3, 0.4) is 0 Å². The summed E-state index contributed by atoms with van der Waals surface area (Å²) in [5, 5.41) is 5.18. The van der Waals surface area contributed by atoms with Gasteiger partial charge in [0, 0.05) is 0 Å². The summed E-state index contributed by atoms with van der Waals surface area (Å²) >= 11 is 0. The van der Waals surface area contributed by atoms with Gasteiger partial charge in [-0.05, 0) is 0 Å². The number of hydrogen-bond acceptors (Lipinski definition) is 3. The van der Waals surface area contributed by atoms with Gasteiger partial charge in [-0.25, -0.2) is 22.0 Å². The first-order chi connectivity index (χ1) is 7.93. The number of aromatic amines is 1. The van der Waals surface area contributed by atoms with E-state index in [1.807, 2.05) is 5.10 Å². The molecule has 17 heavy (non-hydrogen) atoms. The van der Waals surface area contributed by atoms with Gasteiger partial charge >= 0.3 is 0 Å². The van der Waals surface area contributed by atoms with Gasteiger partial charge in [0.25, 0.3) is 0 Å². The molecule has 0 radical (unpaired) electrons. The molecule has 0 saturated carbocycles. The Kier molecular flexibility index (Phi) is 2.45. The highest BCUT2D eigenvalue weighted by Gasteiger charge is 2.28. The van der Waals surface area contributed by atoms with Crippen LogP contribution < -0.4 is 5.73 Å². The number of anilines is 1. The smallest absolute Gasteiger partial charge is 0.239 e. The van der Waals surface area contributed by atoms with Crippen molar-refractivity contribution in [1.82, 2.24) is 15.2 Å². The van der Waals surface area contributed by atoms with Crippen molar-refractivity contribution in [2.45, 2.75) is 0 Å². The Morgan fingerprint density at radius 2 is 1.29 bits per heavy atom. The third-order valence-corrected chi connectivity index (χ3v) is 1.95. The lowest BCUT2D eigenvalue weighted by molar-refractivity contribution is 0.381. The average Bonchev–Trinajstić information content (AvgIpc) is 2.71. The molecule has 2 rings (SSSR count). The molecule has 1 heterocycles. The summed E-state index contributed by atoms with van der Waals surface area (Å²) in [4.78, 5) is 3.29. The zero-order valence-corrected chi connectivity index (χ0v) is 7.86. The van der Waals surface area contributed by atoms with Gasteiger partial charge in [0.2, 0.25) is 11.8 Å². The predicted octanol–water partition coefficient (Wildman–Crippen LogP) is 1.75. The Balaban J connectivity index is 2.78. The molecule has 0 aliphatic rings. The molecule has 0 bridgehead atoms. The first-order valence-corrected chi connectivity index (χ1v) is 4.13. The van der Waals surface area contributed by atoms with Crippen LogP contribution in [0, 0.1) is 29.1 Å². The van der Waals surface area contributed by atoms with Gasteiger partial charge in [-0.1, -0.05) is 0 Å². The van der Waals surface area contributed by atoms with E-state index in [2.05, 4.69) is 10.1 Å². The highest BCUT2D eigenvalue weighted by atomic mass is 19.2. The standard InChI is InChI=1S/C8H3F5N4/c9-2-1(7-15-8(14)17-16-7)3(10)5(12)6(13)4(2)11/h(H3,14,15,16,17). The number of benzene rings is 1. The van der Waals surface area contributed by atoms with E-state index in [1.165, 1.54) is 0 Å². The van der Waals surface area contributed by atoms with Crippen LogP contribution in [-0.4, -0.2) is 15.2 Å². The zero-order valence-electron chi connectivity index (χ0n) is 7.86. The Labute approximate surface area is 90.3 Å². The van der Waals surface area contributed by atoms with Crippen LogP contribution in [-0.2, 0) is 0 Å². The fraction of sp³-hybridized carbons (Fsp3) is 0. The monoisotopic (exact) mass is 250 g/mol. The minimum absolute atomic E-state index is 0.385. The van der Waals surface area contributed by atoms with Crippen LogP contribution in [0.1, 0.15) is 0 Å². The van der Waals surface area contributed by atoms with Crippen molar-refractivity contribution in [3.05, 3.63) is 29.1 Å². The van der Waals surface area contributed by atoms with Crippen molar-refractivity contribution in [2.24, 2.45) is 0 Å². The maximum atomic E-state index is 13.2. The number of nitrogens with two attached hydrogens (primary N) is 1. The molecule has 0 fully saturated rings. The molecular formula is C8H3F5N4. The molecule has 9 heteroatoms. The number of hydrogen-bond donors (Lipinski definition) is 2. The van der Waals surface area contributed by atoms with Crippen LogP contribution in [0.25, 0.3) is 11.4 Å². The van der Waals surface area contributed by atoms with Gasteiger partial charge in [-0.3, -0.25) is 5.10 Å². The fourth-order valence-electron chi connectivity index (χ4n) is 1.20. The SMILES string of the molecule is Nc1n[nH]c(-c2c(F)c(F)c(F)c(F)c2F)n1. The summed E-state index contributed by atoms with van der Waals surface area (Å²) < 4.78 is 64.9. The minimum atomic E-state index is -2.24. The molecule has 1 aromatic carbocycles. The minimum Gasteiger partial charge on any atom is -0.366 e. The molecular weight excluding hydrogens is 247 g/mol. The van der Waals surface area contributed by atoms with Gasteiger partial charge in [-0.2, -0.15) is 4.98 Å². The first kappa shape index (κ1) is 11.3. The summed E-state index contributed by atoms with van der Waals surface area (Å²) in [6, 6.07) is 0. The Bertz CT molecular complexity index is 565. The molecule has 0 aliphatic carbocycles. The lowest BCUT2D eigenvalue weighted by Crippen LogP contribution is -2.04.